The summed E-state index contributed by atoms with van der Waals surface area (Å²) in [5.74, 6) is -1.42. The number of halogens is 3. The minimum atomic E-state index is -5.08. The molecule has 3 aliphatic rings. The molecule has 0 aliphatic carbocycles. The Morgan fingerprint density at radius 2 is 1.68 bits per heavy atom. The van der Waals surface area contributed by atoms with Crippen LogP contribution in [0, 0.1) is 0 Å². The van der Waals surface area contributed by atoms with Gasteiger partial charge in [-0.25, -0.2) is 4.79 Å². The van der Waals surface area contributed by atoms with Gasteiger partial charge in [0.25, 0.3) is 0 Å². The van der Waals surface area contributed by atoms with Crippen LogP contribution in [-0.4, -0.2) is 84.2 Å². The second-order valence-corrected chi connectivity index (χ2v) is 10.6. The molecule has 7 nitrogen and oxygen atoms in total. The first-order chi connectivity index (χ1) is 19.2. The number of rotatable bonds is 7. The van der Waals surface area contributed by atoms with Crippen molar-refractivity contribution >= 4 is 5.97 Å². The summed E-state index contributed by atoms with van der Waals surface area (Å²) in [6.45, 7) is 6.98. The Balaban J connectivity index is 0.000000470. The molecule has 0 amide bonds. The van der Waals surface area contributed by atoms with Gasteiger partial charge in [-0.3, -0.25) is 9.80 Å². The van der Waals surface area contributed by atoms with E-state index in [1.54, 1.807) is 0 Å². The number of phenols is 1. The van der Waals surface area contributed by atoms with Gasteiger partial charge in [0.15, 0.2) is 0 Å². The van der Waals surface area contributed by atoms with Gasteiger partial charge in [0.2, 0.25) is 0 Å². The fourth-order valence-corrected chi connectivity index (χ4v) is 5.82. The van der Waals surface area contributed by atoms with Crippen molar-refractivity contribution in [3.8, 4) is 11.5 Å². The molecular formula is C30H39F3N2O5. The number of likely N-dealkylation sites (tertiary alicyclic amines) is 1. The Morgan fingerprint density at radius 1 is 1.00 bits per heavy atom. The summed E-state index contributed by atoms with van der Waals surface area (Å²) in [6.07, 6.45) is 3.12. The van der Waals surface area contributed by atoms with Crippen molar-refractivity contribution in [1.82, 2.24) is 9.80 Å². The van der Waals surface area contributed by atoms with Crippen LogP contribution in [0.4, 0.5) is 13.2 Å². The molecule has 2 saturated heterocycles. The molecule has 2 N–H and O–H groups in total. The van der Waals surface area contributed by atoms with Crippen molar-refractivity contribution < 1.29 is 37.7 Å². The SMILES string of the molecule is O=C(O)C(F)(F)F.Oc1ccc2c(c1)CCN(C1CCOCC1)C2Cc1ccc(OCCN2CCCCC2)cc1. The first-order valence-corrected chi connectivity index (χ1v) is 14.1. The van der Waals surface area contributed by atoms with Crippen LogP contribution in [0.5, 0.6) is 11.5 Å². The molecule has 2 aromatic rings. The minimum absolute atomic E-state index is 0.336. The van der Waals surface area contributed by atoms with Gasteiger partial charge >= 0.3 is 12.1 Å². The monoisotopic (exact) mass is 564 g/mol. The Hall–Kier alpha value is -2.82. The highest BCUT2D eigenvalue weighted by Gasteiger charge is 2.38. The zero-order valence-electron chi connectivity index (χ0n) is 22.7. The maximum atomic E-state index is 10.6. The van der Waals surface area contributed by atoms with Gasteiger partial charge in [0.05, 0.1) is 0 Å². The fraction of sp³-hybridized carbons (Fsp3) is 0.567. The van der Waals surface area contributed by atoms with E-state index in [0.717, 1.165) is 64.3 Å². The zero-order valence-corrected chi connectivity index (χ0v) is 22.7. The van der Waals surface area contributed by atoms with Crippen LogP contribution in [0.3, 0.4) is 0 Å². The lowest BCUT2D eigenvalue weighted by atomic mass is 9.86. The van der Waals surface area contributed by atoms with Gasteiger partial charge in [-0.05, 0) is 92.6 Å². The van der Waals surface area contributed by atoms with Crippen LogP contribution >= 0.6 is 0 Å². The highest BCUT2D eigenvalue weighted by atomic mass is 19.4. The van der Waals surface area contributed by atoms with E-state index in [2.05, 4.69) is 40.1 Å². The molecule has 1 atom stereocenters. The second kappa shape index (κ2) is 14.2. The number of phenolic OH excluding ortho intramolecular Hbond substituents is 1. The molecule has 220 valence electrons. The number of carboxylic acid groups (broad SMARTS) is 1. The van der Waals surface area contributed by atoms with Gasteiger partial charge in [-0.2, -0.15) is 13.2 Å². The van der Waals surface area contributed by atoms with E-state index in [1.807, 2.05) is 12.1 Å². The van der Waals surface area contributed by atoms with Gasteiger partial charge in [-0.1, -0.05) is 24.6 Å². The average molecular weight is 565 g/mol. The Labute approximate surface area is 233 Å². The maximum absolute atomic E-state index is 10.6. The first-order valence-electron chi connectivity index (χ1n) is 14.1. The van der Waals surface area contributed by atoms with E-state index in [9.17, 15) is 18.3 Å². The molecular weight excluding hydrogens is 525 g/mol. The summed E-state index contributed by atoms with van der Waals surface area (Å²) in [6, 6.07) is 15.6. The Kier molecular flexibility index (Phi) is 10.7. The third-order valence-electron chi connectivity index (χ3n) is 7.90. The Bertz CT molecular complexity index is 1080. The normalized spacial score (nSPS) is 20.7. The molecule has 2 aromatic carbocycles. The number of carboxylic acids is 1. The summed E-state index contributed by atoms with van der Waals surface area (Å²) in [4.78, 5) is 14.1. The summed E-state index contributed by atoms with van der Waals surface area (Å²) in [5.41, 5.74) is 4.00. The van der Waals surface area contributed by atoms with Crippen LogP contribution in [0.25, 0.3) is 0 Å². The summed E-state index contributed by atoms with van der Waals surface area (Å²) in [7, 11) is 0. The van der Waals surface area contributed by atoms with Crippen molar-refractivity contribution in [2.45, 2.75) is 63.2 Å². The van der Waals surface area contributed by atoms with E-state index in [0.29, 0.717) is 17.8 Å². The number of hydrogen-bond donors (Lipinski definition) is 2. The minimum Gasteiger partial charge on any atom is -0.508 e. The fourth-order valence-electron chi connectivity index (χ4n) is 5.82. The van der Waals surface area contributed by atoms with Gasteiger partial charge in [0, 0.05) is 38.4 Å². The molecule has 2 fully saturated rings. The van der Waals surface area contributed by atoms with Crippen molar-refractivity contribution in [1.29, 1.82) is 0 Å². The highest BCUT2D eigenvalue weighted by molar-refractivity contribution is 5.73. The quantitative estimate of drug-likeness (QED) is 0.478. The number of fused-ring (bicyclic) bond motifs is 1. The number of nitrogens with zero attached hydrogens (tertiary/aromatic N) is 2. The first kappa shape index (κ1) is 30.1. The van der Waals surface area contributed by atoms with E-state index >= 15 is 0 Å². The molecule has 0 bridgehead atoms. The predicted molar refractivity (Wildman–Crippen MR) is 145 cm³/mol. The van der Waals surface area contributed by atoms with Gasteiger partial charge in [-0.15, -0.1) is 0 Å². The van der Waals surface area contributed by atoms with Gasteiger partial charge < -0.3 is 19.7 Å². The Morgan fingerprint density at radius 3 is 2.33 bits per heavy atom. The third kappa shape index (κ3) is 8.59. The third-order valence-corrected chi connectivity index (χ3v) is 7.90. The largest absolute Gasteiger partial charge is 0.508 e. The zero-order chi connectivity index (χ0) is 28.5. The van der Waals surface area contributed by atoms with E-state index < -0.39 is 12.1 Å². The summed E-state index contributed by atoms with van der Waals surface area (Å²) in [5, 5.41) is 17.1. The molecule has 3 heterocycles. The van der Waals surface area contributed by atoms with E-state index in [1.165, 1.54) is 49.0 Å². The topological polar surface area (TPSA) is 82.5 Å². The molecule has 1 unspecified atom stereocenters. The summed E-state index contributed by atoms with van der Waals surface area (Å²) < 4.78 is 43.4. The molecule has 0 spiro atoms. The standard InChI is InChI=1S/C28H38N2O3.C2HF3O2/c31-25-6-9-27-23(21-25)10-15-30(24-11-17-32-18-12-24)28(27)20-22-4-7-26(8-5-22)33-19-16-29-13-2-1-3-14-29;3-2(4,5)1(6)7/h4-9,21,24,28,31H,1-3,10-20H2;(H,6,7). The van der Waals surface area contributed by atoms with Crippen molar-refractivity contribution in [2.24, 2.45) is 0 Å². The number of ether oxygens (including phenoxy) is 2. The lowest BCUT2D eigenvalue weighted by molar-refractivity contribution is -0.192. The van der Waals surface area contributed by atoms with Crippen molar-refractivity contribution in [3.05, 3.63) is 59.2 Å². The lowest BCUT2D eigenvalue weighted by Crippen LogP contribution is -2.46. The van der Waals surface area contributed by atoms with E-state index in [-0.39, 0.29) is 0 Å². The second-order valence-electron chi connectivity index (χ2n) is 10.6. The number of piperidine rings is 1. The number of aromatic hydroxyl groups is 1. The van der Waals surface area contributed by atoms with Crippen LogP contribution in [0.2, 0.25) is 0 Å². The maximum Gasteiger partial charge on any atom is 0.490 e. The molecule has 40 heavy (non-hydrogen) atoms. The van der Waals surface area contributed by atoms with Crippen molar-refractivity contribution in [3.63, 3.8) is 0 Å². The number of carbonyl (C=O) groups is 1. The molecule has 5 rings (SSSR count). The van der Waals surface area contributed by atoms with Crippen LogP contribution in [0.1, 0.15) is 54.8 Å². The van der Waals surface area contributed by atoms with Crippen LogP contribution in [-0.2, 0) is 22.4 Å². The average Bonchev–Trinajstić information content (AvgIpc) is 2.95. The molecule has 0 saturated carbocycles. The van der Waals surface area contributed by atoms with Crippen LogP contribution in [0.15, 0.2) is 42.5 Å². The molecule has 3 aliphatic heterocycles. The number of alkyl halides is 3. The molecule has 0 aromatic heterocycles. The summed E-state index contributed by atoms with van der Waals surface area (Å²) >= 11 is 0. The lowest BCUT2D eigenvalue weighted by Gasteiger charge is -2.44. The van der Waals surface area contributed by atoms with Crippen molar-refractivity contribution in [2.75, 3.05) is 46.0 Å². The highest BCUT2D eigenvalue weighted by Crippen LogP contribution is 2.37. The number of benzene rings is 2. The van der Waals surface area contributed by atoms with Gasteiger partial charge in [0.1, 0.15) is 18.1 Å². The molecule has 0 radical (unpaired) electrons. The number of hydrogen-bond acceptors (Lipinski definition) is 6. The smallest absolute Gasteiger partial charge is 0.490 e. The number of aliphatic carboxylic acids is 1. The molecule has 10 heteroatoms. The predicted octanol–water partition coefficient (Wildman–Crippen LogP) is 5.21. The van der Waals surface area contributed by atoms with Crippen LogP contribution < -0.4 is 4.74 Å². The van der Waals surface area contributed by atoms with E-state index in [4.69, 9.17) is 19.4 Å².